The molecule has 108 valence electrons. The maximum absolute atomic E-state index is 11.7. The van der Waals surface area contributed by atoms with E-state index in [1.165, 1.54) is 13.2 Å². The van der Waals surface area contributed by atoms with E-state index in [1.807, 2.05) is 18.2 Å². The molecule has 0 saturated heterocycles. The average Bonchev–Trinajstić information content (AvgIpc) is 2.36. The highest BCUT2D eigenvalue weighted by Gasteiger charge is 2.19. The van der Waals surface area contributed by atoms with Gasteiger partial charge >= 0.3 is 12.1 Å². The normalized spacial score (nSPS) is 11.7. The number of hydrogen-bond acceptors (Lipinski definition) is 4. The molecule has 1 aromatic rings. The molecule has 5 heteroatoms. The van der Waals surface area contributed by atoms with Crippen molar-refractivity contribution in [3.05, 3.63) is 41.6 Å². The molecule has 1 N–H and O–H groups in total. The summed E-state index contributed by atoms with van der Waals surface area (Å²) in [5.74, 6) is -0.639. The number of alkyl carbamates (subject to hydrolysis) is 1. The van der Waals surface area contributed by atoms with Gasteiger partial charge in [0.1, 0.15) is 11.3 Å². The summed E-state index contributed by atoms with van der Waals surface area (Å²) in [4.78, 5) is 23.4. The third-order valence-corrected chi connectivity index (χ3v) is 2.15. The molecular weight excluding hydrogens is 258 g/mol. The lowest BCUT2D eigenvalue weighted by Gasteiger charge is -2.20. The van der Waals surface area contributed by atoms with E-state index in [0.717, 1.165) is 5.56 Å². The van der Waals surface area contributed by atoms with E-state index in [4.69, 9.17) is 4.74 Å². The molecule has 0 aromatic heterocycles. The molecule has 0 saturated carbocycles. The van der Waals surface area contributed by atoms with Crippen LogP contribution in [0.4, 0.5) is 4.79 Å². The van der Waals surface area contributed by atoms with Gasteiger partial charge in [-0.25, -0.2) is 9.59 Å². The molecule has 0 unspecified atom stereocenters. The minimum atomic E-state index is -0.704. The molecular formula is C15H19NO4. The Bertz CT molecular complexity index is 500. The van der Waals surface area contributed by atoms with Crippen LogP contribution in [0.1, 0.15) is 26.3 Å². The Labute approximate surface area is 118 Å². The molecule has 1 amide bonds. The Morgan fingerprint density at radius 3 is 2.25 bits per heavy atom. The van der Waals surface area contributed by atoms with Gasteiger partial charge in [-0.2, -0.15) is 0 Å². The second-order valence-corrected chi connectivity index (χ2v) is 5.09. The zero-order chi connectivity index (χ0) is 15.2. The highest BCUT2D eigenvalue weighted by Crippen LogP contribution is 2.09. The van der Waals surface area contributed by atoms with Gasteiger partial charge in [0.15, 0.2) is 0 Å². The monoisotopic (exact) mass is 277 g/mol. The van der Waals surface area contributed by atoms with Crippen LogP contribution in [0.3, 0.4) is 0 Å². The van der Waals surface area contributed by atoms with Crippen LogP contribution in [-0.2, 0) is 14.3 Å². The maximum Gasteiger partial charge on any atom is 0.412 e. The molecule has 0 radical (unpaired) electrons. The Kier molecular flexibility index (Phi) is 5.32. The molecule has 0 spiro atoms. The fraction of sp³-hybridized carbons (Fsp3) is 0.333. The number of esters is 1. The van der Waals surface area contributed by atoms with E-state index >= 15 is 0 Å². The van der Waals surface area contributed by atoms with Gasteiger partial charge in [-0.05, 0) is 32.4 Å². The lowest BCUT2D eigenvalue weighted by atomic mass is 10.2. The van der Waals surface area contributed by atoms with Gasteiger partial charge in [0.25, 0.3) is 0 Å². The van der Waals surface area contributed by atoms with E-state index in [1.54, 1.807) is 32.9 Å². The second-order valence-electron chi connectivity index (χ2n) is 5.09. The van der Waals surface area contributed by atoms with Crippen LogP contribution in [-0.4, -0.2) is 24.8 Å². The first-order chi connectivity index (χ1) is 9.31. The molecule has 0 aliphatic carbocycles. The van der Waals surface area contributed by atoms with Gasteiger partial charge < -0.3 is 9.47 Å². The van der Waals surface area contributed by atoms with E-state index < -0.39 is 17.7 Å². The van der Waals surface area contributed by atoms with Crippen molar-refractivity contribution in [3.8, 4) is 0 Å². The number of amides is 1. The molecule has 0 fully saturated rings. The summed E-state index contributed by atoms with van der Waals surface area (Å²) in [5.41, 5.74) is 0.148. The van der Waals surface area contributed by atoms with E-state index in [-0.39, 0.29) is 5.70 Å². The highest BCUT2D eigenvalue weighted by atomic mass is 16.6. The Balaban J connectivity index is 2.89. The summed E-state index contributed by atoms with van der Waals surface area (Å²) in [5, 5.41) is 2.40. The SMILES string of the molecule is COC(=O)/C(=C/c1ccccc1)NC(=O)OC(C)(C)C. The van der Waals surface area contributed by atoms with Crippen molar-refractivity contribution >= 4 is 18.1 Å². The molecule has 20 heavy (non-hydrogen) atoms. The van der Waals surface area contributed by atoms with Gasteiger partial charge in [-0.15, -0.1) is 0 Å². The van der Waals surface area contributed by atoms with Crippen molar-refractivity contribution in [2.75, 3.05) is 7.11 Å². The standard InChI is InChI=1S/C15H19NO4/c1-15(2,3)20-14(18)16-12(13(17)19-4)10-11-8-6-5-7-9-11/h5-10H,1-4H3,(H,16,18)/b12-10-. The van der Waals surface area contributed by atoms with Crippen LogP contribution in [0.5, 0.6) is 0 Å². The fourth-order valence-electron chi connectivity index (χ4n) is 1.39. The molecule has 0 bridgehead atoms. The third kappa shape index (κ3) is 5.56. The first-order valence-corrected chi connectivity index (χ1v) is 6.17. The van der Waals surface area contributed by atoms with Gasteiger partial charge in [0.05, 0.1) is 7.11 Å². The summed E-state index contributed by atoms with van der Waals surface area (Å²) >= 11 is 0. The Hall–Kier alpha value is -2.30. The van der Waals surface area contributed by atoms with Crippen LogP contribution in [0.15, 0.2) is 36.0 Å². The van der Waals surface area contributed by atoms with Crippen molar-refractivity contribution in [1.82, 2.24) is 5.32 Å². The Morgan fingerprint density at radius 1 is 1.15 bits per heavy atom. The molecule has 1 rings (SSSR count). The van der Waals surface area contributed by atoms with Gasteiger partial charge in [-0.1, -0.05) is 30.3 Å². The van der Waals surface area contributed by atoms with Gasteiger partial charge in [0.2, 0.25) is 0 Å². The van der Waals surface area contributed by atoms with E-state index in [0.29, 0.717) is 0 Å². The van der Waals surface area contributed by atoms with E-state index in [9.17, 15) is 9.59 Å². The number of hydrogen-bond donors (Lipinski definition) is 1. The zero-order valence-corrected chi connectivity index (χ0v) is 12.1. The quantitative estimate of drug-likeness (QED) is 0.681. The van der Waals surface area contributed by atoms with Crippen LogP contribution in [0.2, 0.25) is 0 Å². The van der Waals surface area contributed by atoms with Crippen molar-refractivity contribution in [2.45, 2.75) is 26.4 Å². The van der Waals surface area contributed by atoms with Crippen LogP contribution in [0, 0.1) is 0 Å². The number of nitrogens with one attached hydrogen (secondary N) is 1. The number of methoxy groups -OCH3 is 1. The topological polar surface area (TPSA) is 64.6 Å². The summed E-state index contributed by atoms with van der Waals surface area (Å²) in [6, 6.07) is 9.12. The van der Waals surface area contributed by atoms with Gasteiger partial charge in [0, 0.05) is 0 Å². The summed E-state index contributed by atoms with van der Waals surface area (Å²) in [6.07, 6.45) is 0.820. The smallest absolute Gasteiger partial charge is 0.412 e. The molecule has 1 aromatic carbocycles. The zero-order valence-electron chi connectivity index (χ0n) is 12.1. The minimum Gasteiger partial charge on any atom is -0.464 e. The summed E-state index contributed by atoms with van der Waals surface area (Å²) in [7, 11) is 1.25. The number of ether oxygens (including phenoxy) is 2. The predicted octanol–water partition coefficient (Wildman–Crippen LogP) is 2.73. The first-order valence-electron chi connectivity index (χ1n) is 6.17. The fourth-order valence-corrected chi connectivity index (χ4v) is 1.39. The third-order valence-electron chi connectivity index (χ3n) is 2.15. The van der Waals surface area contributed by atoms with Crippen molar-refractivity contribution < 1.29 is 19.1 Å². The van der Waals surface area contributed by atoms with Crippen LogP contribution in [0.25, 0.3) is 6.08 Å². The van der Waals surface area contributed by atoms with Crippen molar-refractivity contribution in [1.29, 1.82) is 0 Å². The van der Waals surface area contributed by atoms with Crippen LogP contribution < -0.4 is 5.32 Å². The van der Waals surface area contributed by atoms with Gasteiger partial charge in [-0.3, -0.25) is 5.32 Å². The number of carbonyl (C=O) groups excluding carboxylic acids is 2. The molecule has 0 heterocycles. The molecule has 0 aliphatic heterocycles. The molecule has 0 atom stereocenters. The molecule has 5 nitrogen and oxygen atoms in total. The summed E-state index contributed by atoms with van der Waals surface area (Å²) in [6.45, 7) is 5.22. The minimum absolute atomic E-state index is 0.0213. The highest BCUT2D eigenvalue weighted by molar-refractivity contribution is 5.96. The lowest BCUT2D eigenvalue weighted by Crippen LogP contribution is -2.34. The Morgan fingerprint density at radius 2 is 1.75 bits per heavy atom. The van der Waals surface area contributed by atoms with E-state index in [2.05, 4.69) is 10.1 Å². The average molecular weight is 277 g/mol. The second kappa shape index (κ2) is 6.75. The predicted molar refractivity (Wildman–Crippen MR) is 75.8 cm³/mol. The largest absolute Gasteiger partial charge is 0.464 e. The van der Waals surface area contributed by atoms with Crippen molar-refractivity contribution in [3.63, 3.8) is 0 Å². The summed E-state index contributed by atoms with van der Waals surface area (Å²) < 4.78 is 9.74. The molecule has 0 aliphatic rings. The number of carbonyl (C=O) groups is 2. The number of rotatable bonds is 3. The number of benzene rings is 1. The van der Waals surface area contributed by atoms with Crippen LogP contribution >= 0.6 is 0 Å². The van der Waals surface area contributed by atoms with Crippen molar-refractivity contribution in [2.24, 2.45) is 0 Å². The maximum atomic E-state index is 11.7. The lowest BCUT2D eigenvalue weighted by molar-refractivity contribution is -0.136. The first kappa shape index (κ1) is 15.8.